The lowest BCUT2D eigenvalue weighted by Crippen LogP contribution is -2.21. The lowest BCUT2D eigenvalue weighted by atomic mass is 10.1. The van der Waals surface area contributed by atoms with Gasteiger partial charge in [-0.05, 0) is 37.1 Å². The number of anilines is 1. The van der Waals surface area contributed by atoms with Crippen LogP contribution in [0.25, 0.3) is 0 Å². The van der Waals surface area contributed by atoms with Crippen molar-refractivity contribution in [2.24, 2.45) is 0 Å². The minimum absolute atomic E-state index is 0.0609. The Kier molecular flexibility index (Phi) is 6.24. The molecule has 1 N–H and O–H groups in total. The summed E-state index contributed by atoms with van der Waals surface area (Å²) in [6.07, 6.45) is 2.51. The Labute approximate surface area is 136 Å². The molecule has 2 rings (SSSR count). The predicted molar refractivity (Wildman–Crippen MR) is 92.1 cm³/mol. The maximum atomic E-state index is 12.1. The SMILES string of the molecule is C=CCc1ccccc1OCC(=O)Nc1ccccc1OCC. The van der Waals surface area contributed by atoms with Gasteiger partial charge in [0, 0.05) is 0 Å². The average Bonchev–Trinajstić information content (AvgIpc) is 2.56. The number of para-hydroxylation sites is 3. The molecular weight excluding hydrogens is 290 g/mol. The molecule has 2 aromatic rings. The first kappa shape index (κ1) is 16.6. The van der Waals surface area contributed by atoms with E-state index in [1.165, 1.54) is 0 Å². The van der Waals surface area contributed by atoms with Crippen LogP contribution in [0.1, 0.15) is 12.5 Å². The quantitative estimate of drug-likeness (QED) is 0.754. The molecule has 0 aliphatic heterocycles. The molecule has 4 heteroatoms. The van der Waals surface area contributed by atoms with Gasteiger partial charge in [0.1, 0.15) is 11.5 Å². The highest BCUT2D eigenvalue weighted by Crippen LogP contribution is 2.24. The zero-order chi connectivity index (χ0) is 16.5. The Balaban J connectivity index is 1.97. The molecule has 0 unspecified atom stereocenters. The van der Waals surface area contributed by atoms with Gasteiger partial charge in [-0.2, -0.15) is 0 Å². The highest BCUT2D eigenvalue weighted by Gasteiger charge is 2.09. The normalized spacial score (nSPS) is 9.96. The average molecular weight is 311 g/mol. The Morgan fingerprint density at radius 1 is 1.09 bits per heavy atom. The van der Waals surface area contributed by atoms with Crippen molar-refractivity contribution in [2.75, 3.05) is 18.5 Å². The molecule has 4 nitrogen and oxygen atoms in total. The van der Waals surface area contributed by atoms with Gasteiger partial charge in [0.15, 0.2) is 6.61 Å². The summed E-state index contributed by atoms with van der Waals surface area (Å²) in [5.41, 5.74) is 1.65. The summed E-state index contributed by atoms with van der Waals surface area (Å²) < 4.78 is 11.1. The molecule has 120 valence electrons. The summed E-state index contributed by atoms with van der Waals surface area (Å²) in [5.74, 6) is 1.11. The van der Waals surface area contributed by atoms with Gasteiger partial charge in [-0.1, -0.05) is 36.4 Å². The van der Waals surface area contributed by atoms with E-state index in [-0.39, 0.29) is 12.5 Å². The summed E-state index contributed by atoms with van der Waals surface area (Å²) in [6.45, 7) is 6.11. The van der Waals surface area contributed by atoms with Gasteiger partial charge in [0.25, 0.3) is 5.91 Å². The summed E-state index contributed by atoms with van der Waals surface area (Å²) in [4.78, 5) is 12.1. The third kappa shape index (κ3) is 4.88. The molecule has 0 fully saturated rings. The zero-order valence-corrected chi connectivity index (χ0v) is 13.2. The van der Waals surface area contributed by atoms with E-state index in [1.54, 1.807) is 12.1 Å². The topological polar surface area (TPSA) is 47.6 Å². The summed E-state index contributed by atoms with van der Waals surface area (Å²) in [6, 6.07) is 14.9. The molecule has 0 saturated heterocycles. The van der Waals surface area contributed by atoms with E-state index in [4.69, 9.17) is 9.47 Å². The highest BCUT2D eigenvalue weighted by atomic mass is 16.5. The van der Waals surface area contributed by atoms with E-state index in [2.05, 4.69) is 11.9 Å². The standard InChI is InChI=1S/C19H21NO3/c1-3-9-15-10-5-7-12-17(15)23-14-19(21)20-16-11-6-8-13-18(16)22-4-2/h3,5-8,10-13H,1,4,9,14H2,2H3,(H,20,21). The lowest BCUT2D eigenvalue weighted by molar-refractivity contribution is -0.118. The second-order valence-corrected chi connectivity index (χ2v) is 4.87. The molecule has 0 atom stereocenters. The first-order chi connectivity index (χ1) is 11.2. The van der Waals surface area contributed by atoms with Crippen molar-refractivity contribution in [2.45, 2.75) is 13.3 Å². The summed E-state index contributed by atoms with van der Waals surface area (Å²) in [5, 5.41) is 2.81. The van der Waals surface area contributed by atoms with Gasteiger partial charge < -0.3 is 14.8 Å². The number of hydrogen-bond acceptors (Lipinski definition) is 3. The van der Waals surface area contributed by atoms with Crippen LogP contribution in [-0.2, 0) is 11.2 Å². The first-order valence-corrected chi connectivity index (χ1v) is 7.58. The van der Waals surface area contributed by atoms with E-state index >= 15 is 0 Å². The van der Waals surface area contributed by atoms with Crippen molar-refractivity contribution in [1.82, 2.24) is 0 Å². The van der Waals surface area contributed by atoms with Crippen LogP contribution < -0.4 is 14.8 Å². The van der Waals surface area contributed by atoms with Crippen LogP contribution in [0, 0.1) is 0 Å². The Morgan fingerprint density at radius 3 is 2.52 bits per heavy atom. The van der Waals surface area contributed by atoms with Gasteiger partial charge >= 0.3 is 0 Å². The number of carbonyl (C=O) groups excluding carboxylic acids is 1. The van der Waals surface area contributed by atoms with Gasteiger partial charge in [0.2, 0.25) is 0 Å². The molecule has 0 aliphatic carbocycles. The van der Waals surface area contributed by atoms with E-state index in [0.29, 0.717) is 30.2 Å². The fourth-order valence-electron chi connectivity index (χ4n) is 2.15. The third-order valence-corrected chi connectivity index (χ3v) is 3.16. The number of benzene rings is 2. The number of ether oxygens (including phenoxy) is 2. The van der Waals surface area contributed by atoms with Crippen molar-refractivity contribution in [3.8, 4) is 11.5 Å². The number of nitrogens with one attached hydrogen (secondary N) is 1. The molecule has 1 amide bonds. The monoisotopic (exact) mass is 311 g/mol. The molecule has 0 radical (unpaired) electrons. The van der Waals surface area contributed by atoms with E-state index in [9.17, 15) is 4.79 Å². The molecule has 0 saturated carbocycles. The number of allylic oxidation sites excluding steroid dienone is 1. The fraction of sp³-hybridized carbons (Fsp3) is 0.211. The van der Waals surface area contributed by atoms with Crippen LogP contribution >= 0.6 is 0 Å². The molecule has 0 aliphatic rings. The van der Waals surface area contributed by atoms with Crippen LogP contribution in [0.4, 0.5) is 5.69 Å². The van der Waals surface area contributed by atoms with Crippen LogP contribution in [0.3, 0.4) is 0 Å². The molecule has 0 aromatic heterocycles. The van der Waals surface area contributed by atoms with E-state index in [0.717, 1.165) is 5.56 Å². The molecule has 0 bridgehead atoms. The molecule has 23 heavy (non-hydrogen) atoms. The largest absolute Gasteiger partial charge is 0.492 e. The first-order valence-electron chi connectivity index (χ1n) is 7.58. The summed E-state index contributed by atoms with van der Waals surface area (Å²) >= 11 is 0. The highest BCUT2D eigenvalue weighted by molar-refractivity contribution is 5.93. The Bertz CT molecular complexity index is 667. The van der Waals surface area contributed by atoms with Gasteiger partial charge in [0.05, 0.1) is 12.3 Å². The second-order valence-electron chi connectivity index (χ2n) is 4.87. The van der Waals surface area contributed by atoms with Crippen LogP contribution in [0.5, 0.6) is 11.5 Å². The van der Waals surface area contributed by atoms with Crippen molar-refractivity contribution in [3.05, 3.63) is 66.7 Å². The van der Waals surface area contributed by atoms with Crippen LogP contribution in [0.2, 0.25) is 0 Å². The van der Waals surface area contributed by atoms with Crippen LogP contribution in [-0.4, -0.2) is 19.1 Å². The molecule has 0 spiro atoms. The van der Waals surface area contributed by atoms with E-state index < -0.39 is 0 Å². The molecule has 0 heterocycles. The maximum absolute atomic E-state index is 12.1. The smallest absolute Gasteiger partial charge is 0.262 e. The Morgan fingerprint density at radius 2 is 1.78 bits per heavy atom. The molecule has 2 aromatic carbocycles. The van der Waals surface area contributed by atoms with Crippen LogP contribution in [0.15, 0.2) is 61.2 Å². The number of carbonyl (C=O) groups is 1. The second kappa shape index (κ2) is 8.63. The van der Waals surface area contributed by atoms with Crippen molar-refractivity contribution >= 4 is 11.6 Å². The van der Waals surface area contributed by atoms with Gasteiger partial charge in [-0.3, -0.25) is 4.79 Å². The zero-order valence-electron chi connectivity index (χ0n) is 13.2. The maximum Gasteiger partial charge on any atom is 0.262 e. The van der Waals surface area contributed by atoms with Crippen molar-refractivity contribution in [3.63, 3.8) is 0 Å². The van der Waals surface area contributed by atoms with Crippen molar-refractivity contribution < 1.29 is 14.3 Å². The number of hydrogen-bond donors (Lipinski definition) is 1. The Hall–Kier alpha value is -2.75. The molecular formula is C19H21NO3. The minimum Gasteiger partial charge on any atom is -0.492 e. The van der Waals surface area contributed by atoms with Crippen molar-refractivity contribution in [1.29, 1.82) is 0 Å². The minimum atomic E-state index is -0.231. The van der Waals surface area contributed by atoms with E-state index in [1.807, 2.05) is 49.4 Å². The van der Waals surface area contributed by atoms with Gasteiger partial charge in [-0.25, -0.2) is 0 Å². The number of rotatable bonds is 8. The lowest BCUT2D eigenvalue weighted by Gasteiger charge is -2.13. The third-order valence-electron chi connectivity index (χ3n) is 3.16. The number of amides is 1. The summed E-state index contributed by atoms with van der Waals surface area (Å²) in [7, 11) is 0. The predicted octanol–water partition coefficient (Wildman–Crippen LogP) is 3.83. The fourth-order valence-corrected chi connectivity index (χ4v) is 2.15. The van der Waals surface area contributed by atoms with Gasteiger partial charge in [-0.15, -0.1) is 6.58 Å².